The minimum Gasteiger partial charge on any atom is -0.506 e. The summed E-state index contributed by atoms with van der Waals surface area (Å²) in [6.07, 6.45) is -4.39. The third-order valence-corrected chi connectivity index (χ3v) is 5.91. The van der Waals surface area contributed by atoms with Gasteiger partial charge in [0.25, 0.3) is 0 Å². The largest absolute Gasteiger partial charge is 0.506 e. The number of halogens is 3. The van der Waals surface area contributed by atoms with E-state index in [4.69, 9.17) is 0 Å². The molecule has 0 fully saturated rings. The molecule has 2 aromatic carbocycles. The highest BCUT2D eigenvalue weighted by atomic mass is 32.1. The van der Waals surface area contributed by atoms with Crippen LogP contribution in [0.4, 0.5) is 13.2 Å². The van der Waals surface area contributed by atoms with Crippen LogP contribution in [0.1, 0.15) is 5.56 Å². The van der Waals surface area contributed by atoms with Crippen molar-refractivity contribution in [2.75, 3.05) is 0 Å². The Kier molecular flexibility index (Phi) is 3.77. The lowest BCUT2D eigenvalue weighted by Gasteiger charge is -2.07. The predicted octanol–water partition coefficient (Wildman–Crippen LogP) is 6.42. The zero-order valence-corrected chi connectivity index (χ0v) is 14.2. The van der Waals surface area contributed by atoms with Crippen LogP contribution in [0.3, 0.4) is 0 Å². The number of thiophene rings is 1. The Balaban J connectivity index is 1.76. The van der Waals surface area contributed by atoms with Gasteiger partial charge in [-0.15, -0.1) is 22.7 Å². The molecule has 2 nitrogen and oxygen atoms in total. The fourth-order valence-electron chi connectivity index (χ4n) is 2.54. The maximum absolute atomic E-state index is 12.9. The van der Waals surface area contributed by atoms with Crippen molar-refractivity contribution in [2.24, 2.45) is 0 Å². The maximum Gasteiger partial charge on any atom is 0.416 e. The molecule has 126 valence electrons. The van der Waals surface area contributed by atoms with E-state index >= 15 is 0 Å². The normalized spacial score (nSPS) is 12.0. The van der Waals surface area contributed by atoms with E-state index in [1.54, 1.807) is 11.4 Å². The van der Waals surface area contributed by atoms with Gasteiger partial charge in [0.2, 0.25) is 0 Å². The van der Waals surface area contributed by atoms with Gasteiger partial charge in [0.1, 0.15) is 15.6 Å². The number of nitrogens with zero attached hydrogens (tertiary/aromatic N) is 1. The third-order valence-electron chi connectivity index (χ3n) is 3.75. The molecule has 7 heteroatoms. The Morgan fingerprint density at radius 2 is 1.80 bits per heavy atom. The smallest absolute Gasteiger partial charge is 0.416 e. The van der Waals surface area contributed by atoms with Crippen LogP contribution in [0, 0.1) is 0 Å². The van der Waals surface area contributed by atoms with Crippen molar-refractivity contribution >= 4 is 32.8 Å². The molecule has 0 atom stereocenters. The number of thiazole rings is 1. The minimum atomic E-state index is -4.39. The molecule has 0 saturated heterocycles. The van der Waals surface area contributed by atoms with Crippen molar-refractivity contribution in [1.82, 2.24) is 4.98 Å². The molecular formula is C18H10F3NOS2. The van der Waals surface area contributed by atoms with Gasteiger partial charge in [-0.25, -0.2) is 4.98 Å². The summed E-state index contributed by atoms with van der Waals surface area (Å²) in [7, 11) is 0. The van der Waals surface area contributed by atoms with Crippen molar-refractivity contribution in [2.45, 2.75) is 6.18 Å². The summed E-state index contributed by atoms with van der Waals surface area (Å²) in [5.41, 5.74) is 0.158. The standard InChI is InChI=1S/C18H10F3NOS2/c19-18(20,21)11-5-3-4-10(8-11)13-9-24-17(22-13)16-15(23)12-6-1-2-7-14(12)25-16/h1-9,23H. The van der Waals surface area contributed by atoms with Gasteiger partial charge in [-0.3, -0.25) is 0 Å². The summed E-state index contributed by atoms with van der Waals surface area (Å²) < 4.78 is 39.6. The number of aromatic hydroxyl groups is 1. The molecular weight excluding hydrogens is 367 g/mol. The fourth-order valence-corrected chi connectivity index (χ4v) is 4.56. The highest BCUT2D eigenvalue weighted by molar-refractivity contribution is 7.26. The molecule has 0 amide bonds. The van der Waals surface area contributed by atoms with Crippen LogP contribution in [0.5, 0.6) is 5.75 Å². The molecule has 0 bridgehead atoms. The highest BCUT2D eigenvalue weighted by Gasteiger charge is 2.30. The number of hydrogen-bond acceptors (Lipinski definition) is 4. The molecule has 25 heavy (non-hydrogen) atoms. The second-order valence-corrected chi connectivity index (χ2v) is 7.30. The van der Waals surface area contributed by atoms with E-state index in [1.807, 2.05) is 24.3 Å². The Bertz CT molecular complexity index is 1070. The number of aromatic nitrogens is 1. The Hall–Kier alpha value is -2.38. The first kappa shape index (κ1) is 16.1. The van der Waals surface area contributed by atoms with Crippen LogP contribution in [0.2, 0.25) is 0 Å². The quantitative estimate of drug-likeness (QED) is 0.437. The molecule has 4 rings (SSSR count). The molecule has 4 aromatic rings. The molecule has 0 aliphatic heterocycles. The zero-order valence-electron chi connectivity index (χ0n) is 12.5. The Morgan fingerprint density at radius 1 is 1.00 bits per heavy atom. The van der Waals surface area contributed by atoms with Gasteiger partial charge in [0.15, 0.2) is 0 Å². The summed E-state index contributed by atoms with van der Waals surface area (Å²) in [4.78, 5) is 5.06. The lowest BCUT2D eigenvalue weighted by Crippen LogP contribution is -2.04. The molecule has 0 spiro atoms. The van der Waals surface area contributed by atoms with E-state index < -0.39 is 11.7 Å². The van der Waals surface area contributed by atoms with Crippen LogP contribution in [0.15, 0.2) is 53.9 Å². The number of hydrogen-bond donors (Lipinski definition) is 1. The Morgan fingerprint density at radius 3 is 2.56 bits per heavy atom. The molecule has 0 aliphatic carbocycles. The fraction of sp³-hybridized carbons (Fsp3) is 0.0556. The van der Waals surface area contributed by atoms with Crippen molar-refractivity contribution < 1.29 is 18.3 Å². The zero-order chi connectivity index (χ0) is 17.6. The van der Waals surface area contributed by atoms with Crippen LogP contribution in [0.25, 0.3) is 31.2 Å². The average Bonchev–Trinajstić information content (AvgIpc) is 3.20. The lowest BCUT2D eigenvalue weighted by atomic mass is 10.1. The van der Waals surface area contributed by atoms with E-state index in [9.17, 15) is 18.3 Å². The predicted molar refractivity (Wildman–Crippen MR) is 95.0 cm³/mol. The van der Waals surface area contributed by atoms with Crippen LogP contribution < -0.4 is 0 Å². The van der Waals surface area contributed by atoms with Gasteiger partial charge < -0.3 is 5.11 Å². The first-order valence-electron chi connectivity index (χ1n) is 7.27. The lowest BCUT2D eigenvalue weighted by molar-refractivity contribution is -0.137. The monoisotopic (exact) mass is 377 g/mol. The van der Waals surface area contributed by atoms with Crippen molar-refractivity contribution in [3.8, 4) is 26.9 Å². The maximum atomic E-state index is 12.9. The van der Waals surface area contributed by atoms with Gasteiger partial charge in [-0.05, 0) is 24.3 Å². The van der Waals surface area contributed by atoms with E-state index in [2.05, 4.69) is 4.98 Å². The van der Waals surface area contributed by atoms with E-state index in [0.29, 0.717) is 21.1 Å². The van der Waals surface area contributed by atoms with Gasteiger partial charge in [0.05, 0.1) is 11.3 Å². The summed E-state index contributed by atoms with van der Waals surface area (Å²) in [5.74, 6) is 0.158. The van der Waals surface area contributed by atoms with Crippen molar-refractivity contribution in [3.05, 3.63) is 59.5 Å². The summed E-state index contributed by atoms with van der Waals surface area (Å²) in [6, 6.07) is 12.5. The molecule has 0 saturated carbocycles. The van der Waals surface area contributed by atoms with Crippen molar-refractivity contribution in [3.63, 3.8) is 0 Å². The van der Waals surface area contributed by atoms with Crippen LogP contribution in [-0.2, 0) is 6.18 Å². The van der Waals surface area contributed by atoms with E-state index in [-0.39, 0.29) is 5.75 Å². The second-order valence-electron chi connectivity index (χ2n) is 5.39. The van der Waals surface area contributed by atoms with E-state index in [0.717, 1.165) is 22.2 Å². The number of benzene rings is 2. The number of fused-ring (bicyclic) bond motifs is 1. The molecule has 2 heterocycles. The average molecular weight is 377 g/mol. The summed E-state index contributed by atoms with van der Waals surface area (Å²) in [5, 5.41) is 13.4. The van der Waals surface area contributed by atoms with Crippen LogP contribution >= 0.6 is 22.7 Å². The summed E-state index contributed by atoms with van der Waals surface area (Å²) >= 11 is 2.71. The Labute approximate surface area is 148 Å². The first-order valence-corrected chi connectivity index (χ1v) is 8.97. The SMILES string of the molecule is Oc1c(-c2nc(-c3cccc(C(F)(F)F)c3)cs2)sc2ccccc12. The number of rotatable bonds is 2. The molecule has 1 N–H and O–H groups in total. The molecule has 0 radical (unpaired) electrons. The van der Waals surface area contributed by atoms with Crippen LogP contribution in [-0.4, -0.2) is 10.1 Å². The third kappa shape index (κ3) is 2.89. The molecule has 0 aliphatic rings. The summed E-state index contributed by atoms with van der Waals surface area (Å²) in [6.45, 7) is 0. The van der Waals surface area contributed by atoms with Gasteiger partial charge >= 0.3 is 6.18 Å². The topological polar surface area (TPSA) is 33.1 Å². The molecule has 2 aromatic heterocycles. The van der Waals surface area contributed by atoms with Crippen molar-refractivity contribution in [1.29, 1.82) is 0 Å². The second kappa shape index (κ2) is 5.86. The minimum absolute atomic E-state index is 0.158. The first-order chi connectivity index (χ1) is 11.9. The number of alkyl halides is 3. The molecule has 0 unspecified atom stereocenters. The van der Waals surface area contributed by atoms with Gasteiger partial charge in [0, 0.05) is 21.0 Å². The highest BCUT2D eigenvalue weighted by Crippen LogP contribution is 2.45. The van der Waals surface area contributed by atoms with Gasteiger partial charge in [-0.2, -0.15) is 13.2 Å². The van der Waals surface area contributed by atoms with Gasteiger partial charge in [-0.1, -0.05) is 24.3 Å². The van der Waals surface area contributed by atoms with E-state index in [1.165, 1.54) is 28.7 Å².